The Labute approximate surface area is 172 Å². The van der Waals surface area contributed by atoms with Crippen LogP contribution in [-0.2, 0) is 28.7 Å². The molecule has 0 heterocycles. The van der Waals surface area contributed by atoms with E-state index in [2.05, 4.69) is 6.92 Å². The van der Waals surface area contributed by atoms with Gasteiger partial charge in [-0.15, -0.1) is 0 Å². The second kappa shape index (κ2) is 6.92. The Morgan fingerprint density at radius 3 is 2.31 bits per heavy atom. The van der Waals surface area contributed by atoms with Crippen LogP contribution < -0.4 is 0 Å². The number of esters is 2. The second-order valence-electron chi connectivity index (χ2n) is 10.2. The van der Waals surface area contributed by atoms with E-state index in [0.717, 1.165) is 12.8 Å². The SMILES string of the molecule is CC(=O)OC1CC2CC(=O)CCC2(C)C2CC(OC(C)=O)C3(C)C(=O)CCC3C12. The fraction of sp³-hybridized carbons (Fsp3) is 0.826. The summed E-state index contributed by atoms with van der Waals surface area (Å²) in [5.41, 5.74) is -0.792. The van der Waals surface area contributed by atoms with E-state index < -0.39 is 11.5 Å². The van der Waals surface area contributed by atoms with Gasteiger partial charge in [0, 0.05) is 39.0 Å². The number of carbonyl (C=O) groups is 4. The van der Waals surface area contributed by atoms with Gasteiger partial charge in [0.25, 0.3) is 0 Å². The average Bonchev–Trinajstić information content (AvgIpc) is 2.92. The van der Waals surface area contributed by atoms with Crippen molar-refractivity contribution in [3.63, 3.8) is 0 Å². The van der Waals surface area contributed by atoms with E-state index in [1.165, 1.54) is 13.8 Å². The highest BCUT2D eigenvalue weighted by atomic mass is 16.5. The summed E-state index contributed by atoms with van der Waals surface area (Å²) in [6.45, 7) is 7.03. The van der Waals surface area contributed by atoms with Crippen molar-refractivity contribution >= 4 is 23.5 Å². The summed E-state index contributed by atoms with van der Waals surface area (Å²) in [5, 5.41) is 0. The number of ketones is 2. The molecule has 0 amide bonds. The van der Waals surface area contributed by atoms with Crippen molar-refractivity contribution in [2.75, 3.05) is 0 Å². The van der Waals surface area contributed by atoms with E-state index in [0.29, 0.717) is 32.1 Å². The van der Waals surface area contributed by atoms with Crippen LogP contribution in [0.15, 0.2) is 0 Å². The molecule has 0 saturated heterocycles. The van der Waals surface area contributed by atoms with Gasteiger partial charge in [0.05, 0.1) is 5.41 Å². The van der Waals surface area contributed by atoms with Crippen LogP contribution in [0.1, 0.15) is 72.6 Å². The fourth-order valence-electron chi connectivity index (χ4n) is 7.43. The summed E-state index contributed by atoms with van der Waals surface area (Å²) in [7, 11) is 0. The Hall–Kier alpha value is -1.72. The summed E-state index contributed by atoms with van der Waals surface area (Å²) in [5.74, 6) is 0.171. The van der Waals surface area contributed by atoms with Gasteiger partial charge in [-0.25, -0.2) is 0 Å². The van der Waals surface area contributed by atoms with Gasteiger partial charge >= 0.3 is 11.9 Å². The van der Waals surface area contributed by atoms with Crippen molar-refractivity contribution in [3.8, 4) is 0 Å². The van der Waals surface area contributed by atoms with Crippen LogP contribution in [0, 0.1) is 34.5 Å². The second-order valence-corrected chi connectivity index (χ2v) is 10.2. The van der Waals surface area contributed by atoms with Crippen molar-refractivity contribution in [3.05, 3.63) is 0 Å². The van der Waals surface area contributed by atoms with Gasteiger partial charge in [-0.1, -0.05) is 6.92 Å². The first-order valence-electron chi connectivity index (χ1n) is 11.0. The number of rotatable bonds is 2. The van der Waals surface area contributed by atoms with Crippen LogP contribution in [-0.4, -0.2) is 35.7 Å². The molecule has 0 radical (unpaired) electrons. The normalized spacial score (nSPS) is 46.3. The quantitative estimate of drug-likeness (QED) is 0.657. The van der Waals surface area contributed by atoms with E-state index in [1.54, 1.807) is 0 Å². The predicted octanol–water partition coefficient (Wildman–Crippen LogP) is 3.25. The third-order valence-electron chi connectivity index (χ3n) is 8.89. The molecule has 4 aliphatic rings. The van der Waals surface area contributed by atoms with Crippen LogP contribution in [0.5, 0.6) is 0 Å². The van der Waals surface area contributed by atoms with Gasteiger partial charge in [0.15, 0.2) is 0 Å². The average molecular weight is 405 g/mol. The molecule has 0 spiro atoms. The Morgan fingerprint density at radius 1 is 0.966 bits per heavy atom. The Kier molecular flexibility index (Phi) is 4.90. The number of carbonyl (C=O) groups excluding carboxylic acids is 4. The minimum absolute atomic E-state index is 0.0258. The first kappa shape index (κ1) is 20.5. The van der Waals surface area contributed by atoms with E-state index in [1.807, 2.05) is 6.92 Å². The van der Waals surface area contributed by atoms with Gasteiger partial charge in [0.1, 0.15) is 23.8 Å². The maximum absolute atomic E-state index is 13.0. The Balaban J connectivity index is 1.78. The molecule has 160 valence electrons. The lowest BCUT2D eigenvalue weighted by Gasteiger charge is -2.62. The zero-order chi connectivity index (χ0) is 21.1. The van der Waals surface area contributed by atoms with Gasteiger partial charge in [-0.2, -0.15) is 0 Å². The maximum atomic E-state index is 13.0. The maximum Gasteiger partial charge on any atom is 0.302 e. The minimum Gasteiger partial charge on any atom is -0.462 e. The zero-order valence-electron chi connectivity index (χ0n) is 17.9. The standard InChI is InChI=1S/C23H32O6/c1-12(24)28-18-10-14-9-15(26)7-8-22(14,3)17-11-20(29-13(2)25)23(4)16(21(17)18)5-6-19(23)27/h14,16-18,20-21H,5-11H2,1-4H3. The molecule has 8 atom stereocenters. The molecule has 0 N–H and O–H groups in total. The van der Waals surface area contributed by atoms with Crippen LogP contribution in [0.3, 0.4) is 0 Å². The number of fused-ring (bicyclic) bond motifs is 5. The van der Waals surface area contributed by atoms with E-state index >= 15 is 0 Å². The number of Topliss-reactive ketones (excluding diaryl/α,β-unsaturated/α-hetero) is 2. The van der Waals surface area contributed by atoms with Crippen LogP contribution in [0.2, 0.25) is 0 Å². The highest BCUT2D eigenvalue weighted by Crippen LogP contribution is 2.66. The number of hydrogen-bond acceptors (Lipinski definition) is 6. The lowest BCUT2D eigenvalue weighted by atomic mass is 9.44. The molecule has 0 aromatic heterocycles. The topological polar surface area (TPSA) is 86.7 Å². The highest BCUT2D eigenvalue weighted by molar-refractivity contribution is 5.88. The molecule has 8 unspecified atom stereocenters. The molecule has 6 nitrogen and oxygen atoms in total. The summed E-state index contributed by atoms with van der Waals surface area (Å²) >= 11 is 0. The first-order chi connectivity index (χ1) is 13.6. The monoisotopic (exact) mass is 404 g/mol. The molecule has 0 aliphatic heterocycles. The van der Waals surface area contributed by atoms with Crippen LogP contribution in [0.25, 0.3) is 0 Å². The zero-order valence-corrected chi connectivity index (χ0v) is 17.9. The van der Waals surface area contributed by atoms with Crippen molar-refractivity contribution in [2.24, 2.45) is 34.5 Å². The lowest BCUT2D eigenvalue weighted by Crippen LogP contribution is -2.63. The van der Waals surface area contributed by atoms with Crippen molar-refractivity contribution in [1.29, 1.82) is 0 Å². The summed E-state index contributed by atoms with van der Waals surface area (Å²) in [4.78, 5) is 49.0. The van der Waals surface area contributed by atoms with E-state index in [4.69, 9.17) is 9.47 Å². The molecule has 4 fully saturated rings. The van der Waals surface area contributed by atoms with Gasteiger partial charge in [-0.3, -0.25) is 19.2 Å². The molecule has 29 heavy (non-hydrogen) atoms. The lowest BCUT2D eigenvalue weighted by molar-refractivity contribution is -0.210. The molecule has 0 bridgehead atoms. The van der Waals surface area contributed by atoms with Gasteiger partial charge in [-0.05, 0) is 55.8 Å². The minimum atomic E-state index is -0.723. The van der Waals surface area contributed by atoms with Crippen molar-refractivity contribution in [1.82, 2.24) is 0 Å². The third-order valence-corrected chi connectivity index (χ3v) is 8.89. The van der Waals surface area contributed by atoms with Gasteiger partial charge < -0.3 is 9.47 Å². The molecule has 4 rings (SSSR count). The van der Waals surface area contributed by atoms with Crippen molar-refractivity contribution < 1.29 is 28.7 Å². The van der Waals surface area contributed by atoms with Gasteiger partial charge in [0.2, 0.25) is 0 Å². The highest BCUT2D eigenvalue weighted by Gasteiger charge is 2.67. The molecule has 6 heteroatoms. The predicted molar refractivity (Wildman–Crippen MR) is 104 cm³/mol. The van der Waals surface area contributed by atoms with Crippen molar-refractivity contribution in [2.45, 2.75) is 84.8 Å². The van der Waals surface area contributed by atoms with Crippen LogP contribution >= 0.6 is 0 Å². The summed E-state index contributed by atoms with van der Waals surface area (Å²) < 4.78 is 11.6. The molecule has 0 aromatic rings. The van der Waals surface area contributed by atoms with E-state index in [9.17, 15) is 19.2 Å². The third kappa shape index (κ3) is 3.05. The summed E-state index contributed by atoms with van der Waals surface area (Å²) in [6, 6.07) is 0. The first-order valence-corrected chi connectivity index (χ1v) is 11.0. The number of hydrogen-bond donors (Lipinski definition) is 0. The molecule has 0 aromatic carbocycles. The molecular formula is C23H32O6. The number of ether oxygens (including phenoxy) is 2. The smallest absolute Gasteiger partial charge is 0.302 e. The van der Waals surface area contributed by atoms with E-state index in [-0.39, 0.29) is 58.7 Å². The molecular weight excluding hydrogens is 372 g/mol. The molecule has 4 saturated carbocycles. The Bertz CT molecular complexity index is 758. The Morgan fingerprint density at radius 2 is 1.66 bits per heavy atom. The fourth-order valence-corrected chi connectivity index (χ4v) is 7.43. The summed E-state index contributed by atoms with van der Waals surface area (Å²) in [6.07, 6.45) is 3.68. The molecule has 4 aliphatic carbocycles. The van der Waals surface area contributed by atoms with Crippen LogP contribution in [0.4, 0.5) is 0 Å². The largest absolute Gasteiger partial charge is 0.462 e.